The summed E-state index contributed by atoms with van der Waals surface area (Å²) in [5.41, 5.74) is 4.25. The van der Waals surface area contributed by atoms with E-state index in [1.165, 1.54) is 32.6 Å². The van der Waals surface area contributed by atoms with Gasteiger partial charge in [-0.15, -0.1) is 0 Å². The zero-order chi connectivity index (χ0) is 24.3. The Morgan fingerprint density at radius 2 is 1.23 bits per heavy atom. The molecule has 0 N–H and O–H groups in total. The highest BCUT2D eigenvalue weighted by Gasteiger charge is 2.25. The van der Waals surface area contributed by atoms with E-state index < -0.39 is 7.92 Å². The molecule has 35 heavy (non-hydrogen) atoms. The van der Waals surface area contributed by atoms with Crippen LogP contribution in [0, 0.1) is 5.41 Å². The van der Waals surface area contributed by atoms with Crippen molar-refractivity contribution in [2.45, 2.75) is 27.2 Å². The van der Waals surface area contributed by atoms with Crippen molar-refractivity contribution in [3.8, 4) is 11.5 Å². The number of ether oxygens (including phenoxy) is 1. The molecule has 0 unspecified atom stereocenters. The standard InChI is InChI=1S/C33H31OP/c1-33(2,3)26-20-19-25(23-26)31-22-21-28(34-27-13-7-4-8-14-27)24-32(31)35(29-15-9-5-10-16-29)30-17-11-6-12-18-30/h4-18,20-24H,19H2,1-3H3. The Labute approximate surface area is 210 Å². The largest absolute Gasteiger partial charge is 0.457 e. The van der Waals surface area contributed by atoms with Gasteiger partial charge in [0.1, 0.15) is 11.5 Å². The van der Waals surface area contributed by atoms with E-state index in [1.54, 1.807) is 0 Å². The molecular weight excluding hydrogens is 443 g/mol. The second-order valence-electron chi connectivity index (χ2n) is 9.88. The Morgan fingerprint density at radius 1 is 0.657 bits per heavy atom. The van der Waals surface area contributed by atoms with Crippen molar-refractivity contribution in [1.82, 2.24) is 0 Å². The minimum Gasteiger partial charge on any atom is -0.457 e. The second-order valence-corrected chi connectivity index (χ2v) is 12.1. The molecule has 1 nitrogen and oxygen atoms in total. The Bertz CT molecular complexity index is 1310. The van der Waals surface area contributed by atoms with Gasteiger partial charge in [-0.05, 0) is 76.6 Å². The fraction of sp³-hybridized carbons (Fsp3) is 0.152. The summed E-state index contributed by atoms with van der Waals surface area (Å²) in [4.78, 5) is 0. The summed E-state index contributed by atoms with van der Waals surface area (Å²) in [5, 5.41) is 4.02. The monoisotopic (exact) mass is 474 g/mol. The predicted molar refractivity (Wildman–Crippen MR) is 152 cm³/mol. The number of hydrogen-bond donors (Lipinski definition) is 0. The normalized spacial score (nSPS) is 13.5. The van der Waals surface area contributed by atoms with Crippen LogP contribution in [0.4, 0.5) is 0 Å². The molecule has 0 heterocycles. The van der Waals surface area contributed by atoms with Crippen LogP contribution >= 0.6 is 7.92 Å². The fourth-order valence-electron chi connectivity index (χ4n) is 4.47. The maximum absolute atomic E-state index is 6.31. The zero-order valence-corrected chi connectivity index (χ0v) is 21.5. The van der Waals surface area contributed by atoms with Gasteiger partial charge in [0.15, 0.2) is 0 Å². The van der Waals surface area contributed by atoms with Crippen LogP contribution in [0.5, 0.6) is 11.5 Å². The third kappa shape index (κ3) is 5.31. The zero-order valence-electron chi connectivity index (χ0n) is 20.6. The van der Waals surface area contributed by atoms with Crippen molar-refractivity contribution in [3.05, 3.63) is 132 Å². The molecule has 174 valence electrons. The van der Waals surface area contributed by atoms with Crippen LogP contribution in [0.2, 0.25) is 0 Å². The van der Waals surface area contributed by atoms with Gasteiger partial charge in [0.05, 0.1) is 0 Å². The lowest BCUT2D eigenvalue weighted by Crippen LogP contribution is -2.23. The highest BCUT2D eigenvalue weighted by molar-refractivity contribution is 7.80. The summed E-state index contributed by atoms with van der Waals surface area (Å²) < 4.78 is 6.31. The fourth-order valence-corrected chi connectivity index (χ4v) is 6.98. The third-order valence-corrected chi connectivity index (χ3v) is 8.78. The molecule has 0 amide bonds. The first-order valence-electron chi connectivity index (χ1n) is 12.2. The molecule has 0 aliphatic heterocycles. The molecule has 0 saturated heterocycles. The van der Waals surface area contributed by atoms with Gasteiger partial charge in [-0.3, -0.25) is 0 Å². The molecule has 1 aliphatic rings. The summed E-state index contributed by atoms with van der Waals surface area (Å²) in [6.07, 6.45) is 5.76. The molecule has 1 aliphatic carbocycles. The second kappa shape index (κ2) is 10.1. The average Bonchev–Trinajstić information content (AvgIpc) is 3.37. The van der Waals surface area contributed by atoms with Gasteiger partial charge in [0, 0.05) is 0 Å². The molecule has 0 bridgehead atoms. The molecule has 0 atom stereocenters. The molecule has 5 rings (SSSR count). The van der Waals surface area contributed by atoms with E-state index >= 15 is 0 Å². The topological polar surface area (TPSA) is 9.23 Å². The number of rotatable bonds is 6. The van der Waals surface area contributed by atoms with Gasteiger partial charge in [-0.25, -0.2) is 0 Å². The van der Waals surface area contributed by atoms with Crippen LogP contribution in [0.1, 0.15) is 32.8 Å². The average molecular weight is 475 g/mol. The van der Waals surface area contributed by atoms with Gasteiger partial charge in [0.2, 0.25) is 0 Å². The Hall–Kier alpha value is -3.41. The van der Waals surface area contributed by atoms with E-state index in [0.717, 1.165) is 17.9 Å². The van der Waals surface area contributed by atoms with E-state index in [9.17, 15) is 0 Å². The van der Waals surface area contributed by atoms with E-state index in [1.807, 2.05) is 30.3 Å². The maximum Gasteiger partial charge on any atom is 0.128 e. The predicted octanol–water partition coefficient (Wildman–Crippen LogP) is 8.00. The SMILES string of the molecule is CC(C)(C)C1=CCC(c2ccc(Oc3ccccc3)cc2P(c2ccccc2)c2ccccc2)=C1. The summed E-state index contributed by atoms with van der Waals surface area (Å²) in [7, 11) is -0.760. The quantitative estimate of drug-likeness (QED) is 0.257. The Kier molecular flexibility index (Phi) is 6.71. The first-order valence-corrected chi connectivity index (χ1v) is 13.5. The van der Waals surface area contributed by atoms with E-state index in [2.05, 4.69) is 112 Å². The van der Waals surface area contributed by atoms with Gasteiger partial charge in [-0.2, -0.15) is 0 Å². The first-order chi connectivity index (χ1) is 17.0. The van der Waals surface area contributed by atoms with Crippen LogP contribution in [-0.4, -0.2) is 0 Å². The molecule has 0 aromatic heterocycles. The van der Waals surface area contributed by atoms with E-state index in [4.69, 9.17) is 4.74 Å². The highest BCUT2D eigenvalue weighted by atomic mass is 31.1. The van der Waals surface area contributed by atoms with Crippen LogP contribution in [0.25, 0.3) is 5.57 Å². The van der Waals surface area contributed by atoms with Crippen molar-refractivity contribution >= 4 is 29.4 Å². The Morgan fingerprint density at radius 3 is 1.77 bits per heavy atom. The highest BCUT2D eigenvalue weighted by Crippen LogP contribution is 2.41. The molecule has 0 spiro atoms. The van der Waals surface area contributed by atoms with Crippen LogP contribution in [0.3, 0.4) is 0 Å². The van der Waals surface area contributed by atoms with Crippen molar-refractivity contribution in [3.63, 3.8) is 0 Å². The number of hydrogen-bond acceptors (Lipinski definition) is 1. The molecule has 0 fully saturated rings. The lowest BCUT2D eigenvalue weighted by molar-refractivity contribution is 0.483. The van der Waals surface area contributed by atoms with Gasteiger partial charge < -0.3 is 4.74 Å². The number of benzene rings is 4. The minimum absolute atomic E-state index is 0.141. The molecule has 2 heteroatoms. The lowest BCUT2D eigenvalue weighted by Gasteiger charge is -2.24. The third-order valence-electron chi connectivity index (χ3n) is 6.30. The lowest BCUT2D eigenvalue weighted by atomic mass is 9.87. The minimum atomic E-state index is -0.760. The van der Waals surface area contributed by atoms with Crippen molar-refractivity contribution < 1.29 is 4.74 Å². The van der Waals surface area contributed by atoms with Crippen molar-refractivity contribution in [2.75, 3.05) is 0 Å². The maximum atomic E-state index is 6.31. The molecular formula is C33H31OP. The van der Waals surface area contributed by atoms with Crippen LogP contribution in [0.15, 0.2) is 127 Å². The molecule has 4 aromatic rings. The molecule has 0 radical (unpaired) electrons. The Balaban J connectivity index is 1.67. The van der Waals surface area contributed by atoms with Crippen LogP contribution in [-0.2, 0) is 0 Å². The van der Waals surface area contributed by atoms with E-state index in [0.29, 0.717) is 0 Å². The first kappa shape index (κ1) is 23.3. The molecule has 4 aromatic carbocycles. The summed E-state index contributed by atoms with van der Waals surface area (Å²) >= 11 is 0. The summed E-state index contributed by atoms with van der Waals surface area (Å²) in [6.45, 7) is 6.87. The smallest absolute Gasteiger partial charge is 0.128 e. The number of allylic oxidation sites excluding steroid dienone is 4. The molecule has 0 saturated carbocycles. The number of para-hydroxylation sites is 1. The summed E-state index contributed by atoms with van der Waals surface area (Å²) in [6, 6.07) is 38.5. The summed E-state index contributed by atoms with van der Waals surface area (Å²) in [5.74, 6) is 1.73. The van der Waals surface area contributed by atoms with Gasteiger partial charge >= 0.3 is 0 Å². The van der Waals surface area contributed by atoms with E-state index in [-0.39, 0.29) is 5.41 Å². The van der Waals surface area contributed by atoms with Gasteiger partial charge in [0.25, 0.3) is 0 Å². The van der Waals surface area contributed by atoms with Crippen molar-refractivity contribution in [2.24, 2.45) is 5.41 Å². The van der Waals surface area contributed by atoms with Gasteiger partial charge in [-0.1, -0.05) is 118 Å². The van der Waals surface area contributed by atoms with Crippen molar-refractivity contribution in [1.29, 1.82) is 0 Å². The van der Waals surface area contributed by atoms with Crippen LogP contribution < -0.4 is 20.7 Å².